The molecular weight excluding hydrogens is 242 g/mol. The molecule has 1 atom stereocenters. The van der Waals surface area contributed by atoms with Gasteiger partial charge in [0, 0.05) is 39.3 Å². The summed E-state index contributed by atoms with van der Waals surface area (Å²) in [6, 6.07) is 1.98. The summed E-state index contributed by atoms with van der Waals surface area (Å²) in [5.74, 6) is 1.08. The number of pyridine rings is 1. The molecule has 0 unspecified atom stereocenters. The summed E-state index contributed by atoms with van der Waals surface area (Å²) in [5.41, 5.74) is 1.90. The lowest BCUT2D eigenvalue weighted by atomic mass is 10.1. The van der Waals surface area contributed by atoms with Crippen molar-refractivity contribution >= 4 is 11.7 Å². The standard InChI is InChI=1S/C14H21N3O2/c1-10-8-13(11(2)18)9-15-14(10)17-6-4-16(5-7-17)12(3)19/h8-9,11,18H,4-7H2,1-3H3/t11-/m0/s1. The Morgan fingerprint density at radius 3 is 2.47 bits per heavy atom. The topological polar surface area (TPSA) is 56.7 Å². The fourth-order valence-electron chi connectivity index (χ4n) is 2.38. The van der Waals surface area contributed by atoms with Crippen molar-refractivity contribution in [3.05, 3.63) is 23.4 Å². The Morgan fingerprint density at radius 2 is 2.00 bits per heavy atom. The quantitative estimate of drug-likeness (QED) is 0.868. The van der Waals surface area contributed by atoms with E-state index in [1.54, 1.807) is 20.0 Å². The highest BCUT2D eigenvalue weighted by Crippen LogP contribution is 2.22. The third kappa shape index (κ3) is 3.04. The van der Waals surface area contributed by atoms with Gasteiger partial charge in [0.05, 0.1) is 6.10 Å². The Hall–Kier alpha value is -1.62. The third-order valence-corrected chi connectivity index (χ3v) is 3.58. The average Bonchev–Trinajstić information content (AvgIpc) is 2.38. The van der Waals surface area contributed by atoms with E-state index >= 15 is 0 Å². The smallest absolute Gasteiger partial charge is 0.219 e. The second kappa shape index (κ2) is 5.57. The number of hydrogen-bond acceptors (Lipinski definition) is 4. The van der Waals surface area contributed by atoms with Crippen molar-refractivity contribution < 1.29 is 9.90 Å². The molecule has 2 heterocycles. The molecule has 0 aliphatic carbocycles. The summed E-state index contributed by atoms with van der Waals surface area (Å²) in [6.07, 6.45) is 1.24. The number of aryl methyl sites for hydroxylation is 1. The highest BCUT2D eigenvalue weighted by Gasteiger charge is 2.20. The highest BCUT2D eigenvalue weighted by atomic mass is 16.3. The summed E-state index contributed by atoms with van der Waals surface area (Å²) < 4.78 is 0. The summed E-state index contributed by atoms with van der Waals surface area (Å²) in [7, 11) is 0. The lowest BCUT2D eigenvalue weighted by Gasteiger charge is -2.35. The van der Waals surface area contributed by atoms with Crippen molar-refractivity contribution in [2.24, 2.45) is 0 Å². The van der Waals surface area contributed by atoms with Crippen molar-refractivity contribution in [1.82, 2.24) is 9.88 Å². The molecule has 0 saturated carbocycles. The van der Waals surface area contributed by atoms with Gasteiger partial charge in [-0.1, -0.05) is 0 Å². The molecule has 1 fully saturated rings. The van der Waals surface area contributed by atoms with Gasteiger partial charge in [-0.2, -0.15) is 0 Å². The normalized spacial score (nSPS) is 17.5. The molecule has 104 valence electrons. The van der Waals surface area contributed by atoms with Crippen LogP contribution in [0.25, 0.3) is 0 Å². The van der Waals surface area contributed by atoms with E-state index in [1.165, 1.54) is 0 Å². The van der Waals surface area contributed by atoms with Gasteiger partial charge in [-0.3, -0.25) is 4.79 Å². The molecule has 1 amide bonds. The van der Waals surface area contributed by atoms with Crippen molar-refractivity contribution in [2.45, 2.75) is 26.9 Å². The SMILES string of the molecule is CC(=O)N1CCN(c2ncc([C@H](C)O)cc2C)CC1. The van der Waals surface area contributed by atoms with E-state index in [9.17, 15) is 9.90 Å². The Balaban J connectivity index is 2.09. The zero-order valence-corrected chi connectivity index (χ0v) is 11.8. The lowest BCUT2D eigenvalue weighted by molar-refractivity contribution is -0.129. The first-order valence-corrected chi connectivity index (χ1v) is 6.64. The van der Waals surface area contributed by atoms with Crippen molar-refractivity contribution in [3.63, 3.8) is 0 Å². The van der Waals surface area contributed by atoms with Gasteiger partial charge >= 0.3 is 0 Å². The van der Waals surface area contributed by atoms with Crippen LogP contribution in [0.2, 0.25) is 0 Å². The third-order valence-electron chi connectivity index (χ3n) is 3.58. The first kappa shape index (κ1) is 13.8. The molecule has 0 radical (unpaired) electrons. The summed E-state index contributed by atoms with van der Waals surface area (Å²) in [5, 5.41) is 9.55. The molecule has 1 saturated heterocycles. The zero-order chi connectivity index (χ0) is 14.0. The average molecular weight is 263 g/mol. The zero-order valence-electron chi connectivity index (χ0n) is 11.8. The molecule has 1 N–H and O–H groups in total. The van der Waals surface area contributed by atoms with Gasteiger partial charge in [-0.15, -0.1) is 0 Å². The maximum absolute atomic E-state index is 11.3. The number of piperazine rings is 1. The second-order valence-electron chi connectivity index (χ2n) is 5.08. The van der Waals surface area contributed by atoms with Crippen LogP contribution in [0.1, 0.15) is 31.1 Å². The summed E-state index contributed by atoms with van der Waals surface area (Å²) >= 11 is 0. The largest absolute Gasteiger partial charge is 0.389 e. The molecule has 2 rings (SSSR count). The van der Waals surface area contributed by atoms with Crippen molar-refractivity contribution in [2.75, 3.05) is 31.1 Å². The van der Waals surface area contributed by atoms with Crippen LogP contribution in [-0.4, -0.2) is 47.1 Å². The van der Waals surface area contributed by atoms with E-state index in [4.69, 9.17) is 0 Å². The van der Waals surface area contributed by atoms with Crippen LogP contribution in [0, 0.1) is 6.92 Å². The summed E-state index contributed by atoms with van der Waals surface area (Å²) in [4.78, 5) is 19.8. The Labute approximate surface area is 113 Å². The number of anilines is 1. The number of hydrogen-bond donors (Lipinski definition) is 1. The minimum atomic E-state index is -0.491. The van der Waals surface area contributed by atoms with Gasteiger partial charge < -0.3 is 14.9 Å². The molecule has 5 nitrogen and oxygen atoms in total. The number of carbonyl (C=O) groups is 1. The van der Waals surface area contributed by atoms with E-state index in [-0.39, 0.29) is 5.91 Å². The van der Waals surface area contributed by atoms with E-state index in [2.05, 4.69) is 9.88 Å². The Morgan fingerprint density at radius 1 is 1.37 bits per heavy atom. The molecule has 0 aromatic carbocycles. The monoisotopic (exact) mass is 263 g/mol. The maximum atomic E-state index is 11.3. The molecule has 0 spiro atoms. The van der Waals surface area contributed by atoms with Crippen LogP contribution >= 0.6 is 0 Å². The predicted octanol–water partition coefficient (Wildman–Crippen LogP) is 1.11. The minimum Gasteiger partial charge on any atom is -0.389 e. The van der Waals surface area contributed by atoms with Crippen LogP contribution < -0.4 is 4.90 Å². The van der Waals surface area contributed by atoms with E-state index in [0.29, 0.717) is 0 Å². The van der Waals surface area contributed by atoms with Crippen LogP contribution in [0.4, 0.5) is 5.82 Å². The molecule has 19 heavy (non-hydrogen) atoms. The number of carbonyl (C=O) groups excluding carboxylic acids is 1. The number of aromatic nitrogens is 1. The van der Waals surface area contributed by atoms with Crippen molar-refractivity contribution in [3.8, 4) is 0 Å². The summed E-state index contributed by atoms with van der Waals surface area (Å²) in [6.45, 7) is 8.45. The fourth-order valence-corrected chi connectivity index (χ4v) is 2.38. The Bertz CT molecular complexity index is 466. The molecule has 1 aliphatic heterocycles. The van der Waals surface area contributed by atoms with Crippen LogP contribution in [0.15, 0.2) is 12.3 Å². The fraction of sp³-hybridized carbons (Fsp3) is 0.571. The van der Waals surface area contributed by atoms with Gasteiger partial charge in [-0.25, -0.2) is 4.98 Å². The van der Waals surface area contributed by atoms with Gasteiger partial charge in [0.1, 0.15) is 5.82 Å². The molecule has 1 aliphatic rings. The molecular formula is C14H21N3O2. The number of rotatable bonds is 2. The number of aliphatic hydroxyl groups excluding tert-OH is 1. The van der Waals surface area contributed by atoms with Gasteiger partial charge in [0.25, 0.3) is 0 Å². The predicted molar refractivity (Wildman–Crippen MR) is 74.1 cm³/mol. The first-order chi connectivity index (χ1) is 8.99. The molecule has 0 bridgehead atoms. The van der Waals surface area contributed by atoms with Crippen LogP contribution in [0.5, 0.6) is 0 Å². The van der Waals surface area contributed by atoms with Gasteiger partial charge in [0.15, 0.2) is 0 Å². The van der Waals surface area contributed by atoms with Crippen molar-refractivity contribution in [1.29, 1.82) is 0 Å². The van der Waals surface area contributed by atoms with Gasteiger partial charge in [0.2, 0.25) is 5.91 Å². The lowest BCUT2D eigenvalue weighted by Crippen LogP contribution is -2.48. The number of nitrogens with zero attached hydrogens (tertiary/aromatic N) is 3. The molecule has 5 heteroatoms. The first-order valence-electron chi connectivity index (χ1n) is 6.64. The van der Waals surface area contributed by atoms with Crippen LogP contribution in [0.3, 0.4) is 0 Å². The molecule has 1 aromatic heterocycles. The maximum Gasteiger partial charge on any atom is 0.219 e. The van der Waals surface area contributed by atoms with E-state index in [1.807, 2.05) is 17.9 Å². The van der Waals surface area contributed by atoms with E-state index in [0.717, 1.165) is 43.1 Å². The second-order valence-corrected chi connectivity index (χ2v) is 5.08. The van der Waals surface area contributed by atoms with Gasteiger partial charge in [-0.05, 0) is 31.0 Å². The molecule has 1 aromatic rings. The minimum absolute atomic E-state index is 0.133. The number of amides is 1. The highest BCUT2D eigenvalue weighted by molar-refractivity contribution is 5.73. The van der Waals surface area contributed by atoms with Crippen LogP contribution in [-0.2, 0) is 4.79 Å². The Kier molecular flexibility index (Phi) is 4.04. The van der Waals surface area contributed by atoms with E-state index < -0.39 is 6.10 Å². The number of aliphatic hydroxyl groups is 1.